The first kappa shape index (κ1) is 17.2. The van der Waals surface area contributed by atoms with Gasteiger partial charge >= 0.3 is 0 Å². The third kappa shape index (κ3) is 3.28. The normalized spacial score (nSPS) is 12.4. The van der Waals surface area contributed by atoms with Gasteiger partial charge in [-0.25, -0.2) is 4.98 Å². The van der Waals surface area contributed by atoms with E-state index in [1.807, 2.05) is 11.6 Å². The molecular formula is C18H27NOSSi. The van der Waals surface area contributed by atoms with Crippen molar-refractivity contribution >= 4 is 19.7 Å². The first-order chi connectivity index (χ1) is 10.4. The molecule has 0 saturated carbocycles. The second-order valence-electron chi connectivity index (χ2n) is 6.78. The summed E-state index contributed by atoms with van der Waals surface area (Å²) in [4.78, 5) is 4.36. The predicted molar refractivity (Wildman–Crippen MR) is 99.2 cm³/mol. The predicted octanol–water partition coefficient (Wildman–Crippen LogP) is 6.36. The number of hydrogen-bond acceptors (Lipinski definition) is 3. The summed E-state index contributed by atoms with van der Waals surface area (Å²) in [5, 5.41) is 3.07. The van der Waals surface area contributed by atoms with E-state index in [1.54, 1.807) is 11.3 Å². The minimum Gasteiger partial charge on any atom is -0.543 e. The summed E-state index contributed by atoms with van der Waals surface area (Å²) < 4.78 is 6.68. The van der Waals surface area contributed by atoms with Crippen molar-refractivity contribution in [3.8, 4) is 16.3 Å². The van der Waals surface area contributed by atoms with Crippen molar-refractivity contribution in [1.29, 1.82) is 0 Å². The number of rotatable bonds is 6. The first-order valence-electron chi connectivity index (χ1n) is 8.06. The number of hydrogen-bond donors (Lipinski definition) is 0. The zero-order chi connectivity index (χ0) is 16.3. The van der Waals surface area contributed by atoms with E-state index < -0.39 is 8.32 Å². The van der Waals surface area contributed by atoms with Crippen molar-refractivity contribution in [1.82, 2.24) is 4.98 Å². The highest BCUT2D eigenvalue weighted by molar-refractivity contribution is 7.13. The van der Waals surface area contributed by atoms with E-state index in [0.29, 0.717) is 16.6 Å². The van der Waals surface area contributed by atoms with Crippen molar-refractivity contribution in [3.05, 3.63) is 35.8 Å². The molecule has 0 atom stereocenters. The molecule has 0 unspecified atom stereocenters. The Morgan fingerprint density at radius 2 is 1.45 bits per heavy atom. The highest BCUT2D eigenvalue weighted by Gasteiger charge is 2.46. The molecule has 0 spiro atoms. The lowest BCUT2D eigenvalue weighted by atomic mass is 10.2. The van der Waals surface area contributed by atoms with Crippen LogP contribution in [-0.4, -0.2) is 13.3 Å². The first-order valence-corrected chi connectivity index (χ1v) is 11.1. The van der Waals surface area contributed by atoms with Crippen LogP contribution in [0.1, 0.15) is 41.5 Å². The fourth-order valence-electron chi connectivity index (χ4n) is 3.59. The van der Waals surface area contributed by atoms with Gasteiger partial charge in [0, 0.05) is 17.1 Å². The van der Waals surface area contributed by atoms with Crippen LogP contribution >= 0.6 is 11.3 Å². The topological polar surface area (TPSA) is 22.1 Å². The van der Waals surface area contributed by atoms with Gasteiger partial charge in [0.05, 0.1) is 0 Å². The molecule has 22 heavy (non-hydrogen) atoms. The second kappa shape index (κ2) is 6.96. The maximum Gasteiger partial charge on any atom is 0.258 e. The van der Waals surface area contributed by atoms with Crippen molar-refractivity contribution in [3.63, 3.8) is 0 Å². The van der Waals surface area contributed by atoms with Crippen LogP contribution in [0, 0.1) is 0 Å². The van der Waals surface area contributed by atoms with Crippen LogP contribution < -0.4 is 4.43 Å². The van der Waals surface area contributed by atoms with Gasteiger partial charge in [0.1, 0.15) is 10.8 Å². The van der Waals surface area contributed by atoms with Gasteiger partial charge in [0.25, 0.3) is 8.32 Å². The molecule has 4 heteroatoms. The maximum absolute atomic E-state index is 6.68. The Morgan fingerprint density at radius 3 is 1.86 bits per heavy atom. The van der Waals surface area contributed by atoms with E-state index in [0.717, 1.165) is 16.3 Å². The Kier molecular flexibility index (Phi) is 5.45. The maximum atomic E-state index is 6.68. The molecular weight excluding hydrogens is 306 g/mol. The van der Waals surface area contributed by atoms with E-state index in [4.69, 9.17) is 4.43 Å². The molecule has 1 heterocycles. The lowest BCUT2D eigenvalue weighted by Crippen LogP contribution is -2.50. The molecule has 2 aromatic rings. The standard InChI is InChI=1S/C18H27NOSSi/c1-13(2)22(14(3)4,15(5)6)20-17-9-7-16(8-10-17)18-19-11-12-21-18/h7-15H,1-6H3. The van der Waals surface area contributed by atoms with E-state index in [-0.39, 0.29) is 0 Å². The fourth-order valence-corrected chi connectivity index (χ4v) is 9.49. The molecule has 2 nitrogen and oxygen atoms in total. The fraction of sp³-hybridized carbons (Fsp3) is 0.500. The van der Waals surface area contributed by atoms with Gasteiger partial charge in [0.15, 0.2) is 0 Å². The summed E-state index contributed by atoms with van der Waals surface area (Å²) in [5.41, 5.74) is 2.93. The van der Waals surface area contributed by atoms with Gasteiger partial charge in [0.2, 0.25) is 0 Å². The monoisotopic (exact) mass is 333 g/mol. The van der Waals surface area contributed by atoms with Crippen LogP contribution in [0.5, 0.6) is 5.75 Å². The molecule has 0 bridgehead atoms. The molecule has 0 radical (unpaired) electrons. The van der Waals surface area contributed by atoms with Crippen LogP contribution in [0.4, 0.5) is 0 Å². The lowest BCUT2D eigenvalue weighted by molar-refractivity contribution is 0.480. The molecule has 0 fully saturated rings. The Labute approximate surface area is 139 Å². The van der Waals surface area contributed by atoms with Gasteiger partial charge in [-0.15, -0.1) is 11.3 Å². The molecule has 0 saturated heterocycles. The van der Waals surface area contributed by atoms with Crippen LogP contribution in [0.3, 0.4) is 0 Å². The lowest BCUT2D eigenvalue weighted by Gasteiger charge is -2.42. The number of nitrogens with zero attached hydrogens (tertiary/aromatic N) is 1. The summed E-state index contributed by atoms with van der Waals surface area (Å²) >= 11 is 1.67. The van der Waals surface area contributed by atoms with E-state index in [9.17, 15) is 0 Å². The SMILES string of the molecule is CC(C)[Si](Oc1ccc(-c2nccs2)cc1)(C(C)C)C(C)C. The van der Waals surface area contributed by atoms with E-state index in [2.05, 4.69) is 70.8 Å². The largest absolute Gasteiger partial charge is 0.543 e. The Bertz CT molecular complexity index is 554. The average Bonchev–Trinajstić information content (AvgIpc) is 2.98. The minimum absolute atomic E-state index is 0.589. The molecule has 0 amide bonds. The molecule has 1 aromatic carbocycles. The molecule has 0 aliphatic rings. The Morgan fingerprint density at radius 1 is 0.909 bits per heavy atom. The second-order valence-corrected chi connectivity index (χ2v) is 13.1. The van der Waals surface area contributed by atoms with Gasteiger partial charge in [-0.3, -0.25) is 0 Å². The quantitative estimate of drug-likeness (QED) is 0.573. The zero-order valence-corrected chi connectivity index (χ0v) is 16.3. The number of thiazole rings is 1. The average molecular weight is 334 g/mol. The third-order valence-corrected chi connectivity index (χ3v) is 11.4. The van der Waals surface area contributed by atoms with Crippen molar-refractivity contribution in [2.45, 2.75) is 58.2 Å². The summed E-state index contributed by atoms with van der Waals surface area (Å²) in [6.45, 7) is 13.9. The van der Waals surface area contributed by atoms with Gasteiger partial charge in [-0.2, -0.15) is 0 Å². The third-order valence-electron chi connectivity index (χ3n) is 4.54. The summed E-state index contributed by atoms with van der Waals surface area (Å²) in [6, 6.07) is 8.44. The zero-order valence-electron chi connectivity index (χ0n) is 14.5. The van der Waals surface area contributed by atoms with Crippen molar-refractivity contribution in [2.24, 2.45) is 0 Å². The Balaban J connectivity index is 2.27. The highest BCUT2D eigenvalue weighted by atomic mass is 32.1. The summed E-state index contributed by atoms with van der Waals surface area (Å²) in [5.74, 6) is 1.00. The van der Waals surface area contributed by atoms with Crippen LogP contribution in [0.25, 0.3) is 10.6 Å². The van der Waals surface area contributed by atoms with E-state index >= 15 is 0 Å². The van der Waals surface area contributed by atoms with Crippen molar-refractivity contribution < 1.29 is 4.43 Å². The summed E-state index contributed by atoms with van der Waals surface area (Å²) in [7, 11) is -1.87. The van der Waals surface area contributed by atoms with Crippen LogP contribution in [-0.2, 0) is 0 Å². The minimum atomic E-state index is -1.87. The molecule has 120 valence electrons. The molecule has 0 aliphatic carbocycles. The molecule has 1 aromatic heterocycles. The van der Waals surface area contributed by atoms with Crippen LogP contribution in [0.2, 0.25) is 16.6 Å². The van der Waals surface area contributed by atoms with Gasteiger partial charge in [-0.1, -0.05) is 41.5 Å². The van der Waals surface area contributed by atoms with Gasteiger partial charge < -0.3 is 4.43 Å². The Hall–Kier alpha value is -1.13. The molecule has 2 rings (SSSR count). The smallest absolute Gasteiger partial charge is 0.258 e. The van der Waals surface area contributed by atoms with Crippen LogP contribution in [0.15, 0.2) is 35.8 Å². The number of aromatic nitrogens is 1. The molecule has 0 N–H and O–H groups in total. The number of benzene rings is 1. The van der Waals surface area contributed by atoms with E-state index in [1.165, 1.54) is 0 Å². The molecule has 0 aliphatic heterocycles. The van der Waals surface area contributed by atoms with Crippen molar-refractivity contribution in [2.75, 3.05) is 0 Å². The highest BCUT2D eigenvalue weighted by Crippen LogP contribution is 2.42. The summed E-state index contributed by atoms with van der Waals surface area (Å²) in [6.07, 6.45) is 1.85. The van der Waals surface area contributed by atoms with Gasteiger partial charge in [-0.05, 0) is 40.9 Å².